The Morgan fingerprint density at radius 2 is 1.56 bits per heavy atom. The molecule has 2 N–H and O–H groups in total. The van der Waals surface area contributed by atoms with Crippen molar-refractivity contribution in [3.05, 3.63) is 59.2 Å². The van der Waals surface area contributed by atoms with E-state index < -0.39 is 0 Å². The van der Waals surface area contributed by atoms with Crippen LogP contribution in [0.15, 0.2) is 47.4 Å². The molecule has 0 fully saturated rings. The van der Waals surface area contributed by atoms with Crippen molar-refractivity contribution in [3.8, 4) is 0 Å². The Morgan fingerprint density at radius 3 is 2.11 bits per heavy atom. The molecule has 0 aliphatic carbocycles. The molecule has 2 rings (SSSR count). The van der Waals surface area contributed by atoms with Crippen molar-refractivity contribution in [2.75, 3.05) is 11.9 Å². The van der Waals surface area contributed by atoms with Gasteiger partial charge in [-0.15, -0.1) is 11.8 Å². The predicted molar refractivity (Wildman–Crippen MR) is 114 cm³/mol. The highest BCUT2D eigenvalue weighted by molar-refractivity contribution is 7.99. The molecule has 0 saturated heterocycles. The molecule has 144 valence electrons. The maximum atomic E-state index is 12.5. The minimum absolute atomic E-state index is 0.0945. The lowest BCUT2D eigenvalue weighted by Crippen LogP contribution is -2.27. The van der Waals surface area contributed by atoms with Crippen molar-refractivity contribution in [1.82, 2.24) is 5.32 Å². The van der Waals surface area contributed by atoms with E-state index in [1.54, 1.807) is 30.0 Å². The Bertz CT molecular complexity index is 798. The number of hydrogen-bond donors (Lipinski definition) is 2. The van der Waals surface area contributed by atoms with Gasteiger partial charge in [-0.05, 0) is 60.9 Å². The second-order valence-corrected chi connectivity index (χ2v) is 8.93. The summed E-state index contributed by atoms with van der Waals surface area (Å²) in [6.07, 6.45) is 0. The summed E-state index contributed by atoms with van der Waals surface area (Å²) in [6, 6.07) is 12.9. The highest BCUT2D eigenvalue weighted by atomic mass is 32.2. The third kappa shape index (κ3) is 6.43. The van der Waals surface area contributed by atoms with Crippen molar-refractivity contribution in [3.63, 3.8) is 0 Å². The Hall–Kier alpha value is -2.27. The molecule has 0 aliphatic heterocycles. The van der Waals surface area contributed by atoms with Gasteiger partial charge < -0.3 is 10.6 Å². The summed E-state index contributed by atoms with van der Waals surface area (Å²) in [5.74, 6) is 0.151. The van der Waals surface area contributed by atoms with Gasteiger partial charge in [0.2, 0.25) is 0 Å². The lowest BCUT2D eigenvalue weighted by Gasteiger charge is -2.12. The third-order valence-corrected chi connectivity index (χ3v) is 4.91. The molecule has 27 heavy (non-hydrogen) atoms. The zero-order valence-electron chi connectivity index (χ0n) is 16.6. The summed E-state index contributed by atoms with van der Waals surface area (Å²) in [5, 5.41) is 6.33. The van der Waals surface area contributed by atoms with Crippen LogP contribution >= 0.6 is 11.8 Å². The van der Waals surface area contributed by atoms with E-state index in [0.717, 1.165) is 10.5 Å². The Balaban J connectivity index is 2.04. The first-order valence-corrected chi connectivity index (χ1v) is 10.1. The number of hydrogen-bond acceptors (Lipinski definition) is 3. The van der Waals surface area contributed by atoms with Gasteiger partial charge in [0.05, 0.1) is 0 Å². The number of carbonyl (C=O) groups is 2. The van der Waals surface area contributed by atoms with Crippen molar-refractivity contribution in [2.45, 2.75) is 44.8 Å². The molecule has 2 aromatic rings. The van der Waals surface area contributed by atoms with Crippen molar-refractivity contribution < 1.29 is 9.59 Å². The van der Waals surface area contributed by atoms with Gasteiger partial charge in [-0.1, -0.05) is 27.7 Å². The fourth-order valence-corrected chi connectivity index (χ4v) is 3.33. The molecule has 0 spiro atoms. The van der Waals surface area contributed by atoms with E-state index >= 15 is 0 Å². The molecule has 4 nitrogen and oxygen atoms in total. The average molecular weight is 385 g/mol. The van der Waals surface area contributed by atoms with E-state index in [4.69, 9.17) is 0 Å². The second-order valence-electron chi connectivity index (χ2n) is 7.28. The van der Waals surface area contributed by atoms with Crippen molar-refractivity contribution in [2.24, 2.45) is 5.92 Å². The fourth-order valence-electron chi connectivity index (χ4n) is 2.50. The van der Waals surface area contributed by atoms with Crippen LogP contribution in [0.2, 0.25) is 0 Å². The number of benzene rings is 2. The van der Waals surface area contributed by atoms with Crippen molar-refractivity contribution >= 4 is 29.3 Å². The first-order chi connectivity index (χ1) is 12.8. The summed E-state index contributed by atoms with van der Waals surface area (Å²) in [6.45, 7) is 10.9. The summed E-state index contributed by atoms with van der Waals surface area (Å²) < 4.78 is 0. The van der Waals surface area contributed by atoms with E-state index in [1.807, 2.05) is 31.2 Å². The van der Waals surface area contributed by atoms with Crippen LogP contribution in [0.3, 0.4) is 0 Å². The van der Waals surface area contributed by atoms with Crippen molar-refractivity contribution in [1.29, 1.82) is 0 Å². The molecule has 0 unspecified atom stereocenters. The van der Waals surface area contributed by atoms with Crippen LogP contribution in [0.1, 0.15) is 54.0 Å². The topological polar surface area (TPSA) is 58.2 Å². The van der Waals surface area contributed by atoms with E-state index in [0.29, 0.717) is 34.5 Å². The average Bonchev–Trinajstić information content (AvgIpc) is 2.61. The number of rotatable bonds is 7. The molecule has 0 aliphatic rings. The van der Waals surface area contributed by atoms with Crippen LogP contribution in [-0.2, 0) is 0 Å². The number of nitrogens with one attached hydrogen (secondary N) is 2. The SMILES string of the molecule is Cc1cc(C(=O)NCC(C)C)ccc1NC(=O)c1ccc(SC(C)C)cc1. The van der Waals surface area contributed by atoms with Gasteiger partial charge in [0, 0.05) is 33.5 Å². The molecule has 0 bridgehead atoms. The van der Waals surface area contributed by atoms with Gasteiger partial charge in [-0.2, -0.15) is 0 Å². The predicted octanol–water partition coefficient (Wildman–Crippen LogP) is 5.13. The Kier molecular flexibility index (Phi) is 7.48. The van der Waals surface area contributed by atoms with E-state index in [-0.39, 0.29) is 11.8 Å². The molecular formula is C22H28N2O2S. The second kappa shape index (κ2) is 9.60. The number of amides is 2. The minimum Gasteiger partial charge on any atom is -0.352 e. The monoisotopic (exact) mass is 384 g/mol. The maximum absolute atomic E-state index is 12.5. The summed E-state index contributed by atoms with van der Waals surface area (Å²) in [5.41, 5.74) is 2.77. The van der Waals surface area contributed by atoms with Crippen LogP contribution in [0, 0.1) is 12.8 Å². The third-order valence-electron chi connectivity index (χ3n) is 3.90. The van der Waals surface area contributed by atoms with E-state index in [9.17, 15) is 9.59 Å². The molecule has 5 heteroatoms. The number of thioether (sulfide) groups is 1. The first kappa shape index (κ1) is 21.0. The van der Waals surface area contributed by atoms with Gasteiger partial charge >= 0.3 is 0 Å². The van der Waals surface area contributed by atoms with Gasteiger partial charge in [-0.25, -0.2) is 0 Å². The Labute approximate surface area is 166 Å². The molecule has 2 amide bonds. The molecule has 2 aromatic carbocycles. The molecule has 0 saturated carbocycles. The molecule has 0 radical (unpaired) electrons. The molecular weight excluding hydrogens is 356 g/mol. The standard InChI is InChI=1S/C22H28N2O2S/c1-14(2)13-23-21(25)18-8-11-20(16(5)12-18)24-22(26)17-6-9-19(10-7-17)27-15(3)4/h6-12,14-15H,13H2,1-5H3,(H,23,25)(H,24,26). The summed E-state index contributed by atoms with van der Waals surface area (Å²) >= 11 is 1.77. The Morgan fingerprint density at radius 1 is 0.926 bits per heavy atom. The lowest BCUT2D eigenvalue weighted by molar-refractivity contribution is 0.0948. The zero-order valence-corrected chi connectivity index (χ0v) is 17.4. The van der Waals surface area contributed by atoms with Gasteiger partial charge in [0.1, 0.15) is 0 Å². The molecule has 0 aromatic heterocycles. The van der Waals surface area contributed by atoms with E-state index in [1.165, 1.54) is 0 Å². The first-order valence-electron chi connectivity index (χ1n) is 9.23. The zero-order chi connectivity index (χ0) is 20.0. The van der Waals surface area contributed by atoms with Gasteiger partial charge in [-0.3, -0.25) is 9.59 Å². The van der Waals surface area contributed by atoms with Crippen LogP contribution in [-0.4, -0.2) is 23.6 Å². The number of anilines is 1. The minimum atomic E-state index is -0.156. The molecule has 0 heterocycles. The quantitative estimate of drug-likeness (QED) is 0.650. The van der Waals surface area contributed by atoms with Crippen LogP contribution < -0.4 is 10.6 Å². The largest absolute Gasteiger partial charge is 0.352 e. The number of aryl methyl sites for hydroxylation is 1. The van der Waals surface area contributed by atoms with E-state index in [2.05, 4.69) is 38.3 Å². The van der Waals surface area contributed by atoms with Gasteiger partial charge in [0.25, 0.3) is 11.8 Å². The molecule has 0 atom stereocenters. The van der Waals surface area contributed by atoms with Gasteiger partial charge in [0.15, 0.2) is 0 Å². The summed E-state index contributed by atoms with van der Waals surface area (Å²) in [7, 11) is 0. The van der Waals surface area contributed by atoms with Crippen LogP contribution in [0.25, 0.3) is 0 Å². The lowest BCUT2D eigenvalue weighted by atomic mass is 10.1. The fraction of sp³-hybridized carbons (Fsp3) is 0.364. The highest BCUT2D eigenvalue weighted by Gasteiger charge is 2.11. The number of carbonyl (C=O) groups excluding carboxylic acids is 2. The smallest absolute Gasteiger partial charge is 0.255 e. The normalized spacial score (nSPS) is 10.9. The van der Waals surface area contributed by atoms with Crippen LogP contribution in [0.5, 0.6) is 0 Å². The summed E-state index contributed by atoms with van der Waals surface area (Å²) in [4.78, 5) is 25.8. The maximum Gasteiger partial charge on any atom is 0.255 e. The van der Waals surface area contributed by atoms with Crippen LogP contribution in [0.4, 0.5) is 5.69 Å². The highest BCUT2D eigenvalue weighted by Crippen LogP contribution is 2.23.